The molecule has 0 unspecified atom stereocenters. The minimum atomic E-state index is -0.601. The van der Waals surface area contributed by atoms with Crippen LogP contribution in [-0.4, -0.2) is 60.1 Å². The molecule has 1 N–H and O–H groups in total. The average Bonchev–Trinajstić information content (AvgIpc) is 2.47. The van der Waals surface area contributed by atoms with Gasteiger partial charge in [-0.15, -0.1) is 0 Å². The van der Waals surface area contributed by atoms with E-state index in [-0.39, 0.29) is 30.9 Å². The van der Waals surface area contributed by atoms with E-state index >= 15 is 0 Å². The van der Waals surface area contributed by atoms with Crippen LogP contribution in [0, 0.1) is 11.6 Å². The van der Waals surface area contributed by atoms with E-state index in [1.165, 1.54) is 18.2 Å². The highest BCUT2D eigenvalue weighted by Gasteiger charge is 2.21. The molecule has 4 nitrogen and oxygen atoms in total. The van der Waals surface area contributed by atoms with Crippen LogP contribution in [0.1, 0.15) is 12.0 Å². The van der Waals surface area contributed by atoms with Crippen molar-refractivity contribution in [2.24, 2.45) is 0 Å². The summed E-state index contributed by atoms with van der Waals surface area (Å²) >= 11 is 0. The van der Waals surface area contributed by atoms with Crippen LogP contribution < -0.4 is 0 Å². The molecule has 0 bridgehead atoms. The molecule has 116 valence electrons. The Kier molecular flexibility index (Phi) is 5.64. The fourth-order valence-electron chi connectivity index (χ4n) is 2.52. The molecule has 1 aromatic rings. The van der Waals surface area contributed by atoms with Crippen LogP contribution in [0.5, 0.6) is 0 Å². The molecular formula is C15H20F2N2O2. The molecule has 21 heavy (non-hydrogen) atoms. The molecule has 1 aliphatic rings. The second kappa shape index (κ2) is 7.47. The fourth-order valence-corrected chi connectivity index (χ4v) is 2.52. The first kappa shape index (κ1) is 15.9. The van der Waals surface area contributed by atoms with Crippen molar-refractivity contribution in [2.75, 3.05) is 39.3 Å². The van der Waals surface area contributed by atoms with E-state index in [0.717, 1.165) is 13.1 Å². The zero-order valence-corrected chi connectivity index (χ0v) is 11.9. The van der Waals surface area contributed by atoms with E-state index in [1.54, 1.807) is 4.90 Å². The smallest absolute Gasteiger partial charge is 0.222 e. The summed E-state index contributed by atoms with van der Waals surface area (Å²) in [5.74, 6) is -1.28. The number of carbonyl (C=O) groups excluding carboxylic acids is 1. The van der Waals surface area contributed by atoms with Crippen molar-refractivity contribution in [3.8, 4) is 0 Å². The maximum atomic E-state index is 13.5. The number of carbonyl (C=O) groups is 1. The molecule has 1 heterocycles. The van der Waals surface area contributed by atoms with Gasteiger partial charge in [-0.3, -0.25) is 9.69 Å². The molecule has 0 radical (unpaired) electrons. The summed E-state index contributed by atoms with van der Waals surface area (Å²) in [6, 6.07) is 3.73. The molecular weight excluding hydrogens is 278 g/mol. The Morgan fingerprint density at radius 3 is 2.33 bits per heavy atom. The number of hydrogen-bond donors (Lipinski definition) is 1. The number of aliphatic hydroxyl groups excluding tert-OH is 1. The van der Waals surface area contributed by atoms with E-state index in [1.807, 2.05) is 0 Å². The van der Waals surface area contributed by atoms with Crippen LogP contribution in [0.15, 0.2) is 18.2 Å². The lowest BCUT2D eigenvalue weighted by molar-refractivity contribution is -0.132. The topological polar surface area (TPSA) is 43.8 Å². The molecule has 0 saturated carbocycles. The zero-order chi connectivity index (χ0) is 15.2. The molecule has 0 aliphatic carbocycles. The van der Waals surface area contributed by atoms with E-state index in [2.05, 4.69) is 4.90 Å². The third-order valence-corrected chi connectivity index (χ3v) is 3.79. The van der Waals surface area contributed by atoms with E-state index in [4.69, 9.17) is 5.11 Å². The summed E-state index contributed by atoms with van der Waals surface area (Å²) in [4.78, 5) is 15.9. The highest BCUT2D eigenvalue weighted by atomic mass is 19.1. The van der Waals surface area contributed by atoms with Crippen LogP contribution in [0.25, 0.3) is 0 Å². The van der Waals surface area contributed by atoms with E-state index in [0.29, 0.717) is 19.6 Å². The van der Waals surface area contributed by atoms with Crippen molar-refractivity contribution in [1.82, 2.24) is 9.80 Å². The lowest BCUT2D eigenvalue weighted by Crippen LogP contribution is -2.49. The van der Waals surface area contributed by atoms with Gasteiger partial charge in [-0.1, -0.05) is 6.07 Å². The summed E-state index contributed by atoms with van der Waals surface area (Å²) in [6.07, 6.45) is 0.187. The van der Waals surface area contributed by atoms with Crippen molar-refractivity contribution in [1.29, 1.82) is 0 Å². The number of piperazine rings is 1. The second-order valence-corrected chi connectivity index (χ2v) is 5.15. The van der Waals surface area contributed by atoms with Crippen molar-refractivity contribution in [3.05, 3.63) is 35.4 Å². The van der Waals surface area contributed by atoms with Gasteiger partial charge in [-0.2, -0.15) is 0 Å². The van der Waals surface area contributed by atoms with Gasteiger partial charge >= 0.3 is 0 Å². The number of benzene rings is 1. The second-order valence-electron chi connectivity index (χ2n) is 5.15. The van der Waals surface area contributed by atoms with Gasteiger partial charge in [0.25, 0.3) is 0 Å². The zero-order valence-electron chi connectivity index (χ0n) is 11.9. The first-order valence-corrected chi connectivity index (χ1v) is 7.15. The number of rotatable bonds is 5. The lowest BCUT2D eigenvalue weighted by Gasteiger charge is -2.34. The average molecular weight is 298 g/mol. The minimum absolute atomic E-state index is 0.0234. The Hall–Kier alpha value is -1.53. The monoisotopic (exact) mass is 298 g/mol. The molecule has 1 amide bonds. The third-order valence-electron chi connectivity index (χ3n) is 3.79. The summed E-state index contributed by atoms with van der Waals surface area (Å²) in [5, 5.41) is 8.86. The van der Waals surface area contributed by atoms with Crippen LogP contribution in [0.4, 0.5) is 8.78 Å². The predicted molar refractivity (Wildman–Crippen MR) is 74.8 cm³/mol. The molecule has 6 heteroatoms. The predicted octanol–water partition coefficient (Wildman–Crippen LogP) is 1.03. The van der Waals surface area contributed by atoms with Gasteiger partial charge in [-0.25, -0.2) is 8.78 Å². The highest BCUT2D eigenvalue weighted by molar-refractivity contribution is 5.76. The van der Waals surface area contributed by atoms with Crippen molar-refractivity contribution in [3.63, 3.8) is 0 Å². The van der Waals surface area contributed by atoms with Crippen molar-refractivity contribution < 1.29 is 18.7 Å². The van der Waals surface area contributed by atoms with Crippen molar-refractivity contribution in [2.45, 2.75) is 12.8 Å². The Morgan fingerprint density at radius 1 is 1.14 bits per heavy atom. The quantitative estimate of drug-likeness (QED) is 0.883. The highest BCUT2D eigenvalue weighted by Crippen LogP contribution is 2.15. The molecule has 2 rings (SSSR count). The molecule has 0 aromatic heterocycles. The third kappa shape index (κ3) is 4.22. The molecule has 1 aliphatic heterocycles. The number of aliphatic hydroxyl groups is 1. The van der Waals surface area contributed by atoms with Gasteiger partial charge in [-0.05, 0) is 18.6 Å². The van der Waals surface area contributed by atoms with Gasteiger partial charge in [0.15, 0.2) is 0 Å². The summed E-state index contributed by atoms with van der Waals surface area (Å²) in [5.41, 5.74) is -0.0234. The van der Waals surface area contributed by atoms with E-state index < -0.39 is 11.6 Å². The van der Waals surface area contributed by atoms with Gasteiger partial charge in [0.2, 0.25) is 5.91 Å². The summed E-state index contributed by atoms with van der Waals surface area (Å²) in [6.45, 7) is 3.36. The molecule has 0 spiro atoms. The number of hydrogen-bond acceptors (Lipinski definition) is 3. The first-order chi connectivity index (χ1) is 10.1. The first-order valence-electron chi connectivity index (χ1n) is 7.15. The van der Waals surface area contributed by atoms with Gasteiger partial charge in [0.05, 0.1) is 6.61 Å². The van der Waals surface area contributed by atoms with Crippen LogP contribution in [0.3, 0.4) is 0 Å². The number of nitrogens with zero attached hydrogens (tertiary/aromatic N) is 2. The van der Waals surface area contributed by atoms with Gasteiger partial charge in [0, 0.05) is 44.7 Å². The standard InChI is InChI=1S/C15H20F2N2O2/c16-13-2-1-3-14(17)12(13)4-5-15(21)19-8-6-18(7-9-19)10-11-20/h1-3,20H,4-11H2. The maximum absolute atomic E-state index is 13.5. The molecule has 1 aromatic carbocycles. The number of halogens is 2. The van der Waals surface area contributed by atoms with E-state index in [9.17, 15) is 13.6 Å². The van der Waals surface area contributed by atoms with Gasteiger partial charge < -0.3 is 10.0 Å². The Morgan fingerprint density at radius 2 is 1.76 bits per heavy atom. The van der Waals surface area contributed by atoms with Crippen LogP contribution in [-0.2, 0) is 11.2 Å². The van der Waals surface area contributed by atoms with Crippen molar-refractivity contribution >= 4 is 5.91 Å². The normalized spacial score (nSPS) is 16.2. The summed E-state index contributed by atoms with van der Waals surface area (Å²) < 4.78 is 27.0. The summed E-state index contributed by atoms with van der Waals surface area (Å²) in [7, 11) is 0. The van der Waals surface area contributed by atoms with Crippen LogP contribution in [0.2, 0.25) is 0 Å². The number of amides is 1. The Bertz CT molecular complexity index is 468. The molecule has 1 saturated heterocycles. The Labute approximate surface area is 123 Å². The largest absolute Gasteiger partial charge is 0.395 e. The number of β-amino-alcohol motifs (C(OH)–C–C–N with tert-alkyl or cyclic N) is 1. The molecule has 1 fully saturated rings. The maximum Gasteiger partial charge on any atom is 0.222 e. The van der Waals surface area contributed by atoms with Gasteiger partial charge in [0.1, 0.15) is 11.6 Å². The Balaban J connectivity index is 1.83. The van der Waals surface area contributed by atoms with Crippen LogP contribution >= 0.6 is 0 Å². The molecule has 0 atom stereocenters. The minimum Gasteiger partial charge on any atom is -0.395 e. The lowest BCUT2D eigenvalue weighted by atomic mass is 10.1. The fraction of sp³-hybridized carbons (Fsp3) is 0.533. The SMILES string of the molecule is O=C(CCc1c(F)cccc1F)N1CCN(CCO)CC1.